The monoisotopic (exact) mass is 351 g/mol. The average molecular weight is 351 g/mol. The Balaban J connectivity index is 2.16. The minimum Gasteiger partial charge on any atom is -0.326 e. The van der Waals surface area contributed by atoms with Crippen LogP contribution in [-0.2, 0) is 23.8 Å². The van der Waals surface area contributed by atoms with E-state index in [1.54, 1.807) is 0 Å². The topological polar surface area (TPSA) is 74.8 Å². The number of nitrogens with one attached hydrogen (secondary N) is 2. The number of alkyl halides is 3. The summed E-state index contributed by atoms with van der Waals surface area (Å²) in [7, 11) is 0. The molecule has 0 unspecified atom stereocenters. The Morgan fingerprint density at radius 2 is 1.88 bits per heavy atom. The molecule has 132 valence electrons. The molecule has 1 aliphatic carbocycles. The predicted molar refractivity (Wildman–Crippen MR) is 86.2 cm³/mol. The zero-order chi connectivity index (χ0) is 18.2. The zero-order valence-electron chi connectivity index (χ0n) is 13.5. The van der Waals surface area contributed by atoms with Crippen LogP contribution in [0.25, 0.3) is 11.3 Å². The highest BCUT2D eigenvalue weighted by molar-refractivity contribution is 5.90. The van der Waals surface area contributed by atoms with E-state index in [0.717, 1.165) is 31.4 Å². The first-order chi connectivity index (χ1) is 11.8. The molecule has 3 rings (SSSR count). The van der Waals surface area contributed by atoms with E-state index in [4.69, 9.17) is 0 Å². The van der Waals surface area contributed by atoms with E-state index in [-0.39, 0.29) is 11.2 Å². The number of hydrogen-bond acceptors (Lipinski definition) is 3. The molecule has 1 aliphatic rings. The van der Waals surface area contributed by atoms with Crippen LogP contribution in [0.15, 0.2) is 23.0 Å². The van der Waals surface area contributed by atoms with Crippen molar-refractivity contribution in [1.29, 1.82) is 0 Å². The largest absolute Gasteiger partial charge is 0.418 e. The summed E-state index contributed by atoms with van der Waals surface area (Å²) in [5, 5.41) is 8.68. The number of carbonyl (C=O) groups is 1. The molecule has 25 heavy (non-hydrogen) atoms. The second-order valence-corrected chi connectivity index (χ2v) is 6.00. The van der Waals surface area contributed by atoms with Gasteiger partial charge in [-0.3, -0.25) is 9.59 Å². The second-order valence-electron chi connectivity index (χ2n) is 6.00. The number of halogens is 3. The van der Waals surface area contributed by atoms with E-state index in [0.29, 0.717) is 29.7 Å². The number of fused-ring (bicyclic) bond motifs is 1. The number of aromatic amines is 1. The lowest BCUT2D eigenvalue weighted by Gasteiger charge is -2.19. The maximum absolute atomic E-state index is 13.1. The van der Waals surface area contributed by atoms with Gasteiger partial charge >= 0.3 is 6.18 Å². The lowest BCUT2D eigenvalue weighted by Crippen LogP contribution is -2.21. The lowest BCUT2D eigenvalue weighted by molar-refractivity contribution is -0.136. The summed E-state index contributed by atoms with van der Waals surface area (Å²) in [6, 6.07) is 3.48. The molecule has 5 nitrogen and oxygen atoms in total. The van der Waals surface area contributed by atoms with Crippen LogP contribution in [0.5, 0.6) is 0 Å². The zero-order valence-corrected chi connectivity index (χ0v) is 13.5. The van der Waals surface area contributed by atoms with E-state index in [9.17, 15) is 22.8 Å². The van der Waals surface area contributed by atoms with E-state index in [1.165, 1.54) is 12.1 Å². The van der Waals surface area contributed by atoms with Crippen molar-refractivity contribution in [3.05, 3.63) is 45.2 Å². The van der Waals surface area contributed by atoms with Crippen LogP contribution in [0.3, 0.4) is 0 Å². The van der Waals surface area contributed by atoms with Crippen LogP contribution in [0.4, 0.5) is 18.9 Å². The molecule has 0 saturated carbocycles. The number of nitrogens with zero attached hydrogens (tertiary/aromatic N) is 1. The Morgan fingerprint density at radius 3 is 2.52 bits per heavy atom. The number of H-pyrrole nitrogens is 1. The maximum Gasteiger partial charge on any atom is 0.418 e. The van der Waals surface area contributed by atoms with Gasteiger partial charge in [0.05, 0.1) is 16.9 Å². The van der Waals surface area contributed by atoms with Crippen molar-refractivity contribution in [3.8, 4) is 11.3 Å². The van der Waals surface area contributed by atoms with Gasteiger partial charge in [0.15, 0.2) is 0 Å². The van der Waals surface area contributed by atoms with Gasteiger partial charge in [-0.2, -0.15) is 18.3 Å². The standard InChI is InChI=1S/C17H16F3N3O2/c1-9(24)21-14-8-10(6-7-13(14)17(18,19)20)15-11-4-2-3-5-12(11)16(25)23-22-15/h6-8H,2-5H2,1H3,(H,21,24)(H,23,25). The van der Waals surface area contributed by atoms with Crippen molar-refractivity contribution >= 4 is 11.6 Å². The van der Waals surface area contributed by atoms with Gasteiger partial charge < -0.3 is 5.32 Å². The first-order valence-corrected chi connectivity index (χ1v) is 7.87. The highest BCUT2D eigenvalue weighted by Gasteiger charge is 2.34. The van der Waals surface area contributed by atoms with E-state index >= 15 is 0 Å². The lowest BCUT2D eigenvalue weighted by atomic mass is 9.89. The number of anilines is 1. The van der Waals surface area contributed by atoms with Gasteiger partial charge in [-0.1, -0.05) is 6.07 Å². The normalized spacial score (nSPS) is 14.1. The number of hydrogen-bond donors (Lipinski definition) is 2. The number of benzene rings is 1. The molecular formula is C17H16F3N3O2. The smallest absolute Gasteiger partial charge is 0.326 e. The van der Waals surface area contributed by atoms with Gasteiger partial charge in [-0.25, -0.2) is 5.10 Å². The third kappa shape index (κ3) is 3.42. The third-order valence-corrected chi connectivity index (χ3v) is 4.21. The van der Waals surface area contributed by atoms with Crippen LogP contribution in [0.1, 0.15) is 36.5 Å². The summed E-state index contributed by atoms with van der Waals surface area (Å²) < 4.78 is 39.4. The van der Waals surface area contributed by atoms with Crippen molar-refractivity contribution in [2.24, 2.45) is 0 Å². The number of rotatable bonds is 2. The SMILES string of the molecule is CC(=O)Nc1cc(-c2n[nH]c(=O)c3c2CCCC3)ccc1C(F)(F)F. The molecule has 0 aliphatic heterocycles. The Hall–Kier alpha value is -2.64. The van der Waals surface area contributed by atoms with Crippen LogP contribution in [-0.4, -0.2) is 16.1 Å². The summed E-state index contributed by atoms with van der Waals surface area (Å²) in [4.78, 5) is 23.2. The second kappa shape index (κ2) is 6.34. The fourth-order valence-electron chi connectivity index (χ4n) is 3.13. The minimum absolute atomic E-state index is 0.257. The van der Waals surface area contributed by atoms with Gasteiger partial charge in [0.1, 0.15) is 0 Å². The molecule has 1 heterocycles. The summed E-state index contributed by atoms with van der Waals surface area (Å²) >= 11 is 0. The molecule has 2 N–H and O–H groups in total. The Labute approximate surface area is 141 Å². The maximum atomic E-state index is 13.1. The van der Waals surface area contributed by atoms with Crippen molar-refractivity contribution in [2.45, 2.75) is 38.8 Å². The highest BCUT2D eigenvalue weighted by Crippen LogP contribution is 2.38. The summed E-state index contributed by atoms with van der Waals surface area (Å²) in [6.45, 7) is 1.15. The van der Waals surface area contributed by atoms with Crippen LogP contribution >= 0.6 is 0 Å². The molecule has 0 atom stereocenters. The van der Waals surface area contributed by atoms with Crippen molar-refractivity contribution in [3.63, 3.8) is 0 Å². The third-order valence-electron chi connectivity index (χ3n) is 4.21. The predicted octanol–water partition coefficient (Wildman–Crippen LogP) is 3.29. The Morgan fingerprint density at radius 1 is 1.20 bits per heavy atom. The molecule has 0 bridgehead atoms. The molecule has 0 radical (unpaired) electrons. The molecule has 0 saturated heterocycles. The van der Waals surface area contributed by atoms with Crippen LogP contribution in [0, 0.1) is 0 Å². The molecule has 2 aromatic rings. The van der Waals surface area contributed by atoms with Crippen molar-refractivity contribution in [2.75, 3.05) is 5.32 Å². The molecule has 0 fully saturated rings. The number of amides is 1. The summed E-state index contributed by atoms with van der Waals surface area (Å²) in [6.07, 6.45) is -1.53. The highest BCUT2D eigenvalue weighted by atomic mass is 19.4. The van der Waals surface area contributed by atoms with Gasteiger partial charge in [-0.15, -0.1) is 0 Å². The van der Waals surface area contributed by atoms with Gasteiger partial charge in [0.25, 0.3) is 5.56 Å². The summed E-state index contributed by atoms with van der Waals surface area (Å²) in [5.41, 5.74) is 0.772. The first-order valence-electron chi connectivity index (χ1n) is 7.87. The Bertz CT molecular complexity index is 888. The molecule has 1 aromatic heterocycles. The molecule has 1 amide bonds. The molecule has 1 aromatic carbocycles. The molecule has 8 heteroatoms. The van der Waals surface area contributed by atoms with Crippen LogP contribution < -0.4 is 10.9 Å². The van der Waals surface area contributed by atoms with Gasteiger partial charge in [0, 0.05) is 18.1 Å². The van der Waals surface area contributed by atoms with Crippen molar-refractivity contribution in [1.82, 2.24) is 10.2 Å². The average Bonchev–Trinajstić information content (AvgIpc) is 2.54. The molecular weight excluding hydrogens is 335 g/mol. The van der Waals surface area contributed by atoms with Gasteiger partial charge in [0.2, 0.25) is 5.91 Å². The summed E-state index contributed by atoms with van der Waals surface area (Å²) in [5.74, 6) is -0.598. The molecule has 0 spiro atoms. The fourth-order valence-corrected chi connectivity index (χ4v) is 3.13. The van der Waals surface area contributed by atoms with Gasteiger partial charge in [-0.05, 0) is 43.4 Å². The van der Waals surface area contributed by atoms with E-state index in [2.05, 4.69) is 15.5 Å². The van der Waals surface area contributed by atoms with Crippen LogP contribution in [0.2, 0.25) is 0 Å². The first kappa shape index (κ1) is 17.2. The Kier molecular flexibility index (Phi) is 4.36. The van der Waals surface area contributed by atoms with E-state index < -0.39 is 17.6 Å². The fraction of sp³-hybridized carbons (Fsp3) is 0.353. The quantitative estimate of drug-likeness (QED) is 0.872. The van der Waals surface area contributed by atoms with Crippen molar-refractivity contribution < 1.29 is 18.0 Å². The minimum atomic E-state index is -4.59. The number of carbonyl (C=O) groups excluding carboxylic acids is 1. The van der Waals surface area contributed by atoms with E-state index in [1.807, 2.05) is 0 Å². The number of aromatic nitrogens is 2.